The number of thioether (sulfide) groups is 2. The predicted molar refractivity (Wildman–Crippen MR) is 99.2 cm³/mol. The van der Waals surface area contributed by atoms with Gasteiger partial charge in [-0.15, -0.1) is 10.2 Å². The van der Waals surface area contributed by atoms with Crippen LogP contribution in [0.2, 0.25) is 0 Å². The maximum Gasteiger partial charge on any atom is 0.236 e. The highest BCUT2D eigenvalue weighted by Gasteiger charge is 2.12. The first-order chi connectivity index (χ1) is 12.2. The Balaban J connectivity index is 1.59. The van der Waals surface area contributed by atoms with E-state index in [0.717, 1.165) is 15.8 Å². The average molecular weight is 396 g/mol. The van der Waals surface area contributed by atoms with Crippen LogP contribution in [0.15, 0.2) is 46.2 Å². The molecule has 3 aromatic rings. The SMILES string of the molecule is CCSc1nnc(NC(=O)CSc2nccn2-c2ccc(F)cc2)s1. The second-order valence-electron chi connectivity index (χ2n) is 4.70. The van der Waals surface area contributed by atoms with E-state index in [0.29, 0.717) is 10.3 Å². The van der Waals surface area contributed by atoms with Crippen molar-refractivity contribution in [3.63, 3.8) is 0 Å². The summed E-state index contributed by atoms with van der Waals surface area (Å²) in [7, 11) is 0. The summed E-state index contributed by atoms with van der Waals surface area (Å²) < 4.78 is 15.7. The molecule has 3 rings (SSSR count). The molecule has 0 aliphatic heterocycles. The molecule has 0 radical (unpaired) electrons. The number of aromatic nitrogens is 4. The van der Waals surface area contributed by atoms with E-state index in [1.54, 1.807) is 40.9 Å². The van der Waals surface area contributed by atoms with Gasteiger partial charge in [0.05, 0.1) is 5.75 Å². The van der Waals surface area contributed by atoms with Gasteiger partial charge >= 0.3 is 0 Å². The lowest BCUT2D eigenvalue weighted by molar-refractivity contribution is -0.113. The van der Waals surface area contributed by atoms with Gasteiger partial charge in [-0.3, -0.25) is 14.7 Å². The Labute approximate surface area is 156 Å². The molecule has 2 heterocycles. The Hall–Kier alpha value is -1.91. The van der Waals surface area contributed by atoms with Gasteiger partial charge in [-0.1, -0.05) is 41.8 Å². The number of halogens is 1. The van der Waals surface area contributed by atoms with Crippen LogP contribution in [0.1, 0.15) is 6.92 Å². The molecule has 0 saturated heterocycles. The van der Waals surface area contributed by atoms with Crippen molar-refractivity contribution in [3.8, 4) is 5.69 Å². The van der Waals surface area contributed by atoms with Crippen molar-refractivity contribution < 1.29 is 9.18 Å². The zero-order valence-corrected chi connectivity index (χ0v) is 15.6. The Kier molecular flexibility index (Phi) is 6.05. The van der Waals surface area contributed by atoms with E-state index < -0.39 is 0 Å². The summed E-state index contributed by atoms with van der Waals surface area (Å²) >= 11 is 4.23. The van der Waals surface area contributed by atoms with Gasteiger partial charge in [0.25, 0.3) is 0 Å². The lowest BCUT2D eigenvalue weighted by Gasteiger charge is -2.07. The Bertz CT molecular complexity index is 849. The van der Waals surface area contributed by atoms with Crippen molar-refractivity contribution in [1.82, 2.24) is 19.7 Å². The van der Waals surface area contributed by atoms with Crippen LogP contribution in [0.3, 0.4) is 0 Å². The predicted octanol–water partition coefficient (Wildman–Crippen LogP) is 3.71. The third-order valence-corrected chi connectivity index (χ3v) is 5.79. The number of hydrogen-bond donors (Lipinski definition) is 1. The van der Waals surface area contributed by atoms with E-state index >= 15 is 0 Å². The number of imidazole rings is 1. The normalized spacial score (nSPS) is 10.8. The fraction of sp³-hybridized carbons (Fsp3) is 0.200. The van der Waals surface area contributed by atoms with Gasteiger partial charge in [0.15, 0.2) is 9.50 Å². The van der Waals surface area contributed by atoms with Crippen LogP contribution in [0, 0.1) is 5.82 Å². The molecule has 25 heavy (non-hydrogen) atoms. The zero-order chi connectivity index (χ0) is 17.6. The fourth-order valence-electron chi connectivity index (χ4n) is 1.92. The van der Waals surface area contributed by atoms with E-state index in [-0.39, 0.29) is 17.5 Å². The zero-order valence-electron chi connectivity index (χ0n) is 13.2. The van der Waals surface area contributed by atoms with Gasteiger partial charge in [0.2, 0.25) is 11.0 Å². The highest BCUT2D eigenvalue weighted by molar-refractivity contribution is 8.01. The van der Waals surface area contributed by atoms with E-state index in [9.17, 15) is 9.18 Å². The van der Waals surface area contributed by atoms with Gasteiger partial charge in [0.1, 0.15) is 5.82 Å². The number of anilines is 1. The number of benzene rings is 1. The molecule has 1 amide bonds. The standard InChI is InChI=1S/C15H14FN5OS3/c1-2-23-15-20-19-13(25-15)18-12(22)9-24-14-17-7-8-21(14)11-5-3-10(16)4-6-11/h3-8H,2,9H2,1H3,(H,18,19,22). The molecule has 0 atom stereocenters. The van der Waals surface area contributed by atoms with Crippen molar-refractivity contribution in [1.29, 1.82) is 0 Å². The van der Waals surface area contributed by atoms with Crippen LogP contribution in [0.4, 0.5) is 9.52 Å². The lowest BCUT2D eigenvalue weighted by atomic mass is 10.3. The van der Waals surface area contributed by atoms with Gasteiger partial charge in [-0.25, -0.2) is 9.37 Å². The molecule has 6 nitrogen and oxygen atoms in total. The quantitative estimate of drug-likeness (QED) is 0.486. The number of nitrogens with zero attached hydrogens (tertiary/aromatic N) is 4. The maximum atomic E-state index is 13.0. The molecular weight excluding hydrogens is 381 g/mol. The van der Waals surface area contributed by atoms with Crippen LogP contribution in [-0.2, 0) is 4.79 Å². The first-order valence-corrected chi connectivity index (χ1v) is 10.1. The molecule has 0 aliphatic carbocycles. The minimum atomic E-state index is -0.296. The van der Waals surface area contributed by atoms with Crippen LogP contribution >= 0.6 is 34.9 Å². The van der Waals surface area contributed by atoms with E-state index in [1.165, 1.54) is 35.2 Å². The summed E-state index contributed by atoms with van der Waals surface area (Å²) in [5.74, 6) is 0.622. The monoisotopic (exact) mass is 395 g/mol. The summed E-state index contributed by atoms with van der Waals surface area (Å²) in [6.45, 7) is 2.03. The number of hydrogen-bond acceptors (Lipinski definition) is 7. The van der Waals surface area contributed by atoms with Gasteiger partial charge < -0.3 is 0 Å². The molecule has 130 valence electrons. The van der Waals surface area contributed by atoms with Crippen molar-refractivity contribution in [2.75, 3.05) is 16.8 Å². The maximum absolute atomic E-state index is 13.0. The molecular formula is C15H14FN5OS3. The molecule has 0 aliphatic rings. The smallest absolute Gasteiger partial charge is 0.236 e. The van der Waals surface area contributed by atoms with Crippen LogP contribution < -0.4 is 5.32 Å². The molecule has 10 heteroatoms. The summed E-state index contributed by atoms with van der Waals surface area (Å²) in [5, 5.41) is 11.8. The third-order valence-electron chi connectivity index (χ3n) is 2.96. The van der Waals surface area contributed by atoms with Crippen LogP contribution in [-0.4, -0.2) is 37.2 Å². The number of carbonyl (C=O) groups excluding carboxylic acids is 1. The van der Waals surface area contributed by atoms with Gasteiger partial charge in [0, 0.05) is 18.1 Å². The van der Waals surface area contributed by atoms with E-state index in [1.807, 2.05) is 6.92 Å². The number of rotatable bonds is 7. The highest BCUT2D eigenvalue weighted by atomic mass is 32.2. The highest BCUT2D eigenvalue weighted by Crippen LogP contribution is 2.25. The average Bonchev–Trinajstić information content (AvgIpc) is 3.23. The van der Waals surface area contributed by atoms with E-state index in [2.05, 4.69) is 20.5 Å². The molecule has 0 saturated carbocycles. The number of carbonyl (C=O) groups is 1. The van der Waals surface area contributed by atoms with Crippen LogP contribution in [0.5, 0.6) is 0 Å². The fourth-order valence-corrected chi connectivity index (χ4v) is 4.36. The number of nitrogens with one attached hydrogen (secondary N) is 1. The van der Waals surface area contributed by atoms with Gasteiger partial charge in [-0.05, 0) is 30.0 Å². The van der Waals surface area contributed by atoms with Gasteiger partial charge in [-0.2, -0.15) is 0 Å². The minimum absolute atomic E-state index is 0.178. The minimum Gasteiger partial charge on any atom is -0.300 e. The molecule has 0 unspecified atom stereocenters. The first kappa shape index (κ1) is 17.9. The largest absolute Gasteiger partial charge is 0.300 e. The summed E-state index contributed by atoms with van der Waals surface area (Å²) in [6, 6.07) is 6.10. The molecule has 2 aromatic heterocycles. The van der Waals surface area contributed by atoms with Crippen molar-refractivity contribution in [2.24, 2.45) is 0 Å². The molecule has 0 spiro atoms. The van der Waals surface area contributed by atoms with Crippen molar-refractivity contribution in [3.05, 3.63) is 42.5 Å². The lowest BCUT2D eigenvalue weighted by Crippen LogP contribution is -2.14. The summed E-state index contributed by atoms with van der Waals surface area (Å²) in [4.78, 5) is 16.3. The second-order valence-corrected chi connectivity index (χ2v) is 8.13. The number of amides is 1. The molecule has 1 N–H and O–H groups in total. The van der Waals surface area contributed by atoms with Crippen molar-refractivity contribution >= 4 is 45.9 Å². The first-order valence-electron chi connectivity index (χ1n) is 7.34. The summed E-state index contributed by atoms with van der Waals surface area (Å²) in [5.41, 5.74) is 0.784. The molecule has 0 fully saturated rings. The Morgan fingerprint density at radius 3 is 2.84 bits per heavy atom. The summed E-state index contributed by atoms with van der Waals surface area (Å²) in [6.07, 6.45) is 3.41. The Morgan fingerprint density at radius 1 is 1.28 bits per heavy atom. The second kappa shape index (κ2) is 8.45. The molecule has 0 bridgehead atoms. The molecule has 1 aromatic carbocycles. The van der Waals surface area contributed by atoms with E-state index in [4.69, 9.17) is 0 Å². The van der Waals surface area contributed by atoms with Crippen LogP contribution in [0.25, 0.3) is 5.69 Å². The topological polar surface area (TPSA) is 72.7 Å². The third kappa shape index (κ3) is 4.80. The Morgan fingerprint density at radius 2 is 2.08 bits per heavy atom. The van der Waals surface area contributed by atoms with Crippen molar-refractivity contribution in [2.45, 2.75) is 16.4 Å².